The minimum absolute atomic E-state index is 0.0976. The highest BCUT2D eigenvalue weighted by molar-refractivity contribution is 6.44. The molecule has 1 fully saturated rings. The number of hydrogen-bond donors (Lipinski definition) is 1. The van der Waals surface area contributed by atoms with E-state index in [1.807, 2.05) is 0 Å². The lowest BCUT2D eigenvalue weighted by atomic mass is 9.97. The number of aliphatic hydroxyl groups excluding tert-OH is 1. The Morgan fingerprint density at radius 1 is 0.913 bits per heavy atom. The van der Waals surface area contributed by atoms with Crippen molar-refractivity contribution in [2.45, 2.75) is 6.10 Å². The lowest BCUT2D eigenvalue weighted by molar-refractivity contribution is -0.149. The standard InChI is InChI=1S/C17H10Cl2O4/c18-11-5-1-9(2-6-11)14(20)13-15(21)17(22)23-16(13)10-3-7-12(19)8-4-10/h1-8,16,20H/t16-/m0/s1. The summed E-state index contributed by atoms with van der Waals surface area (Å²) in [5.74, 6) is -2.17. The van der Waals surface area contributed by atoms with Crippen LogP contribution in [0.1, 0.15) is 17.2 Å². The fourth-order valence-corrected chi connectivity index (χ4v) is 2.57. The highest BCUT2D eigenvalue weighted by atomic mass is 35.5. The maximum atomic E-state index is 12.1. The number of rotatable bonds is 2. The molecule has 3 rings (SSSR count). The summed E-state index contributed by atoms with van der Waals surface area (Å²) in [7, 11) is 0. The lowest BCUT2D eigenvalue weighted by Crippen LogP contribution is -2.08. The van der Waals surface area contributed by atoms with Crippen molar-refractivity contribution in [3.63, 3.8) is 0 Å². The topological polar surface area (TPSA) is 63.6 Å². The number of benzene rings is 2. The van der Waals surface area contributed by atoms with Crippen LogP contribution < -0.4 is 0 Å². The van der Waals surface area contributed by atoms with Crippen LogP contribution in [-0.2, 0) is 14.3 Å². The zero-order valence-corrected chi connectivity index (χ0v) is 13.1. The molecule has 1 aliphatic rings. The molecule has 0 amide bonds. The summed E-state index contributed by atoms with van der Waals surface area (Å²) in [4.78, 5) is 23.8. The highest BCUT2D eigenvalue weighted by Crippen LogP contribution is 2.37. The van der Waals surface area contributed by atoms with Crippen LogP contribution in [0.3, 0.4) is 0 Å². The predicted molar refractivity (Wildman–Crippen MR) is 86.3 cm³/mol. The Balaban J connectivity index is 2.10. The molecule has 0 aromatic heterocycles. The van der Waals surface area contributed by atoms with E-state index in [-0.39, 0.29) is 11.3 Å². The van der Waals surface area contributed by atoms with Crippen LogP contribution >= 0.6 is 23.2 Å². The Bertz CT molecular complexity index is 807. The van der Waals surface area contributed by atoms with Gasteiger partial charge in [0, 0.05) is 15.6 Å². The van der Waals surface area contributed by atoms with E-state index in [2.05, 4.69) is 0 Å². The van der Waals surface area contributed by atoms with Crippen LogP contribution in [0.15, 0.2) is 54.1 Å². The average molecular weight is 349 g/mol. The van der Waals surface area contributed by atoms with Gasteiger partial charge in [0.25, 0.3) is 5.78 Å². The quantitative estimate of drug-likeness (QED) is 0.383. The van der Waals surface area contributed by atoms with Crippen LogP contribution in [0.5, 0.6) is 0 Å². The van der Waals surface area contributed by atoms with Crippen molar-refractivity contribution in [3.8, 4) is 0 Å². The van der Waals surface area contributed by atoms with E-state index in [0.29, 0.717) is 21.2 Å². The normalized spacial score (nSPS) is 19.7. The van der Waals surface area contributed by atoms with E-state index >= 15 is 0 Å². The molecule has 2 aromatic carbocycles. The molecule has 1 N–H and O–H groups in total. The van der Waals surface area contributed by atoms with Crippen molar-refractivity contribution in [1.82, 2.24) is 0 Å². The Morgan fingerprint density at radius 3 is 2.00 bits per heavy atom. The Labute approximate surface area is 141 Å². The number of aliphatic hydroxyl groups is 1. The lowest BCUT2D eigenvalue weighted by Gasteiger charge is -2.12. The first-order valence-electron chi connectivity index (χ1n) is 6.67. The van der Waals surface area contributed by atoms with Crippen LogP contribution in [0.4, 0.5) is 0 Å². The molecule has 116 valence electrons. The molecule has 1 atom stereocenters. The SMILES string of the molecule is O=C1O[C@@H](c2ccc(Cl)cc2)C(=C(O)c2ccc(Cl)cc2)C1=O. The van der Waals surface area contributed by atoms with Crippen LogP contribution in [-0.4, -0.2) is 16.9 Å². The summed E-state index contributed by atoms with van der Waals surface area (Å²) in [5, 5.41) is 11.4. The second-order valence-electron chi connectivity index (χ2n) is 4.94. The molecule has 0 saturated carbocycles. The summed E-state index contributed by atoms with van der Waals surface area (Å²) in [6.07, 6.45) is -0.969. The first-order chi connectivity index (χ1) is 11.0. The van der Waals surface area contributed by atoms with Crippen LogP contribution in [0, 0.1) is 0 Å². The third-order valence-electron chi connectivity index (χ3n) is 3.46. The molecule has 0 radical (unpaired) electrons. The van der Waals surface area contributed by atoms with Gasteiger partial charge >= 0.3 is 5.97 Å². The summed E-state index contributed by atoms with van der Waals surface area (Å²) >= 11 is 11.6. The predicted octanol–water partition coefficient (Wildman–Crippen LogP) is 4.13. The van der Waals surface area contributed by atoms with Gasteiger partial charge in [-0.25, -0.2) is 4.79 Å². The number of carbonyl (C=O) groups is 2. The number of cyclic esters (lactones) is 1. The third-order valence-corrected chi connectivity index (χ3v) is 3.97. The molecule has 1 heterocycles. The van der Waals surface area contributed by atoms with Gasteiger partial charge in [-0.3, -0.25) is 4.79 Å². The smallest absolute Gasteiger partial charge is 0.380 e. The average Bonchev–Trinajstić information content (AvgIpc) is 2.84. The summed E-state index contributed by atoms with van der Waals surface area (Å²) in [6, 6.07) is 12.8. The highest BCUT2D eigenvalue weighted by Gasteiger charge is 2.42. The number of ketones is 1. The summed E-state index contributed by atoms with van der Waals surface area (Å²) in [6.45, 7) is 0. The molecule has 0 bridgehead atoms. The fourth-order valence-electron chi connectivity index (χ4n) is 2.32. The molecule has 23 heavy (non-hydrogen) atoms. The van der Waals surface area contributed by atoms with Gasteiger partial charge in [0.15, 0.2) is 6.10 Å². The van der Waals surface area contributed by atoms with E-state index in [0.717, 1.165) is 0 Å². The number of carbonyl (C=O) groups excluding carboxylic acids is 2. The molecule has 0 aliphatic carbocycles. The number of ether oxygens (including phenoxy) is 1. The Kier molecular flexibility index (Phi) is 4.11. The van der Waals surface area contributed by atoms with Gasteiger partial charge < -0.3 is 9.84 Å². The van der Waals surface area contributed by atoms with Crippen molar-refractivity contribution in [3.05, 3.63) is 75.3 Å². The maximum Gasteiger partial charge on any atom is 0.380 e. The van der Waals surface area contributed by atoms with Gasteiger partial charge in [0.2, 0.25) is 0 Å². The van der Waals surface area contributed by atoms with Crippen LogP contribution in [0.25, 0.3) is 5.76 Å². The second kappa shape index (κ2) is 6.07. The van der Waals surface area contributed by atoms with Gasteiger partial charge in [-0.1, -0.05) is 35.3 Å². The molecule has 0 unspecified atom stereocenters. The van der Waals surface area contributed by atoms with Crippen molar-refractivity contribution < 1.29 is 19.4 Å². The molecule has 6 heteroatoms. The van der Waals surface area contributed by atoms with Gasteiger partial charge in [0.05, 0.1) is 5.57 Å². The summed E-state index contributed by atoms with van der Waals surface area (Å²) < 4.78 is 5.10. The van der Waals surface area contributed by atoms with Crippen molar-refractivity contribution in [1.29, 1.82) is 0 Å². The molecule has 1 aliphatic heterocycles. The molecular formula is C17H10Cl2O4. The second-order valence-corrected chi connectivity index (χ2v) is 5.81. The van der Waals surface area contributed by atoms with E-state index in [1.165, 1.54) is 0 Å². The van der Waals surface area contributed by atoms with E-state index in [4.69, 9.17) is 27.9 Å². The minimum Gasteiger partial charge on any atom is -0.507 e. The van der Waals surface area contributed by atoms with E-state index < -0.39 is 17.9 Å². The largest absolute Gasteiger partial charge is 0.507 e. The monoisotopic (exact) mass is 348 g/mol. The molecule has 0 spiro atoms. The van der Waals surface area contributed by atoms with E-state index in [1.54, 1.807) is 48.5 Å². The number of esters is 1. The minimum atomic E-state index is -1.000. The molecule has 2 aromatic rings. The fraction of sp³-hybridized carbons (Fsp3) is 0.0588. The molecular weight excluding hydrogens is 339 g/mol. The van der Waals surface area contributed by atoms with Crippen molar-refractivity contribution in [2.75, 3.05) is 0 Å². The van der Waals surface area contributed by atoms with Gasteiger partial charge in [-0.15, -0.1) is 0 Å². The molecule has 1 saturated heterocycles. The first-order valence-corrected chi connectivity index (χ1v) is 7.43. The van der Waals surface area contributed by atoms with Gasteiger partial charge in [-0.2, -0.15) is 0 Å². The van der Waals surface area contributed by atoms with Gasteiger partial charge in [0.1, 0.15) is 5.76 Å². The number of halogens is 2. The van der Waals surface area contributed by atoms with Crippen molar-refractivity contribution >= 4 is 40.7 Å². The third kappa shape index (κ3) is 2.96. The Hall–Kier alpha value is -2.30. The molecule has 4 nitrogen and oxygen atoms in total. The van der Waals surface area contributed by atoms with Crippen molar-refractivity contribution in [2.24, 2.45) is 0 Å². The van der Waals surface area contributed by atoms with E-state index in [9.17, 15) is 14.7 Å². The zero-order valence-electron chi connectivity index (χ0n) is 11.6. The first kappa shape index (κ1) is 15.6. The zero-order chi connectivity index (χ0) is 16.6. The summed E-state index contributed by atoms with van der Waals surface area (Å²) in [5.41, 5.74) is 0.818. The van der Waals surface area contributed by atoms with Crippen LogP contribution in [0.2, 0.25) is 10.0 Å². The number of hydrogen-bond acceptors (Lipinski definition) is 4. The maximum absolute atomic E-state index is 12.1. The van der Waals surface area contributed by atoms with Gasteiger partial charge in [-0.05, 0) is 42.0 Å². The Morgan fingerprint density at radius 2 is 1.43 bits per heavy atom. The number of Topliss-reactive ketones (excluding diaryl/α,β-unsaturated/α-hetero) is 1.